The van der Waals surface area contributed by atoms with Crippen LogP contribution in [0.4, 0.5) is 10.1 Å². The van der Waals surface area contributed by atoms with E-state index in [9.17, 15) is 22.8 Å². The van der Waals surface area contributed by atoms with Crippen LogP contribution in [0.1, 0.15) is 25.7 Å². The Kier molecular flexibility index (Phi) is 5.79. The Morgan fingerprint density at radius 3 is 2.31 bits per heavy atom. The molecule has 2 atom stereocenters. The second kappa shape index (κ2) is 7.89. The lowest BCUT2D eigenvalue weighted by Crippen LogP contribution is -2.56. The van der Waals surface area contributed by atoms with Gasteiger partial charge in [-0.2, -0.15) is 4.31 Å². The summed E-state index contributed by atoms with van der Waals surface area (Å²) in [6.45, 7) is 1.68. The molecule has 2 aliphatic rings. The van der Waals surface area contributed by atoms with Crippen LogP contribution in [-0.2, 0) is 14.8 Å². The molecule has 1 N–H and O–H groups in total. The highest BCUT2D eigenvalue weighted by Gasteiger charge is 2.42. The van der Waals surface area contributed by atoms with E-state index in [-0.39, 0.29) is 12.2 Å². The molecule has 1 aliphatic heterocycles. The van der Waals surface area contributed by atoms with Crippen LogP contribution in [0, 0.1) is 5.82 Å². The van der Waals surface area contributed by atoms with Crippen molar-refractivity contribution in [1.29, 1.82) is 0 Å². The number of piperazine rings is 1. The maximum atomic E-state index is 13.1. The van der Waals surface area contributed by atoms with Gasteiger partial charge in [-0.05, 0) is 37.1 Å². The Labute approximate surface area is 153 Å². The predicted molar refractivity (Wildman–Crippen MR) is 94.8 cm³/mol. The summed E-state index contributed by atoms with van der Waals surface area (Å²) in [6.07, 6.45) is 2.76. The minimum absolute atomic E-state index is 0.283. The van der Waals surface area contributed by atoms with Gasteiger partial charge in [0.25, 0.3) is 0 Å². The number of halogens is 1. The molecule has 1 saturated heterocycles. The number of nitrogens with zero attached hydrogens (tertiary/aromatic N) is 3. The molecule has 1 saturated carbocycles. The van der Waals surface area contributed by atoms with E-state index in [1.807, 2.05) is 4.90 Å². The summed E-state index contributed by atoms with van der Waals surface area (Å²) in [5.41, 5.74) is 0.862. The van der Waals surface area contributed by atoms with E-state index in [0.717, 1.165) is 18.5 Å². The van der Waals surface area contributed by atoms with Crippen molar-refractivity contribution in [2.75, 3.05) is 31.1 Å². The molecule has 0 radical (unpaired) electrons. The molecule has 7 nitrogen and oxygen atoms in total. The second-order valence-electron chi connectivity index (χ2n) is 6.78. The van der Waals surface area contributed by atoms with Gasteiger partial charge in [-0.1, -0.05) is 12.8 Å². The molecule has 0 aromatic heterocycles. The van der Waals surface area contributed by atoms with Crippen molar-refractivity contribution in [2.45, 2.75) is 37.0 Å². The first-order valence-corrected chi connectivity index (χ1v) is 10.4. The lowest BCUT2D eigenvalue weighted by molar-refractivity contribution is -0.162. The molecule has 9 heteroatoms. The van der Waals surface area contributed by atoms with Gasteiger partial charge in [0.05, 0.1) is 11.3 Å². The van der Waals surface area contributed by atoms with Crippen LogP contribution >= 0.6 is 0 Å². The van der Waals surface area contributed by atoms with Crippen molar-refractivity contribution in [3.63, 3.8) is 0 Å². The number of carbonyl (C=O) groups excluding carboxylic acids is 1. The van der Waals surface area contributed by atoms with E-state index >= 15 is 0 Å². The van der Waals surface area contributed by atoms with Crippen molar-refractivity contribution in [3.05, 3.63) is 30.1 Å². The van der Waals surface area contributed by atoms with E-state index in [0.29, 0.717) is 44.1 Å². The summed E-state index contributed by atoms with van der Waals surface area (Å²) in [4.78, 5) is 12.9. The third-order valence-electron chi connectivity index (χ3n) is 5.29. The maximum Gasteiger partial charge on any atom is 0.233 e. The summed E-state index contributed by atoms with van der Waals surface area (Å²) in [7, 11) is -3.62. The normalized spacial score (nSPS) is 25.1. The highest BCUT2D eigenvalue weighted by molar-refractivity contribution is 7.89. The molecule has 1 amide bonds. The Bertz CT molecular complexity index is 720. The van der Waals surface area contributed by atoms with Gasteiger partial charge in [0.2, 0.25) is 16.4 Å². The van der Waals surface area contributed by atoms with Crippen molar-refractivity contribution in [2.24, 2.45) is 0 Å². The molecule has 26 heavy (non-hydrogen) atoms. The van der Waals surface area contributed by atoms with Crippen molar-refractivity contribution >= 4 is 22.1 Å². The van der Waals surface area contributed by atoms with Gasteiger partial charge in [0, 0.05) is 31.9 Å². The standard InChI is InChI=1S/C17H24FN3O4S/c18-14-5-7-15(8-6-14)19-9-11-20(12-10-19)26(24,25)17-4-2-1-3-16(17)21(23)13-22/h5-8,13,16-17,23H,1-4,9-12H2. The summed E-state index contributed by atoms with van der Waals surface area (Å²) >= 11 is 0. The van der Waals surface area contributed by atoms with Gasteiger partial charge in [-0.15, -0.1) is 0 Å². The molecule has 3 rings (SSSR count). The number of benzene rings is 1. The van der Waals surface area contributed by atoms with Crippen LogP contribution < -0.4 is 4.90 Å². The molecule has 2 fully saturated rings. The largest absolute Gasteiger partial charge is 0.369 e. The highest BCUT2D eigenvalue weighted by atomic mass is 32.2. The number of carbonyl (C=O) groups is 1. The fourth-order valence-electron chi connectivity index (χ4n) is 3.85. The molecule has 1 aromatic carbocycles. The third-order valence-corrected chi connectivity index (χ3v) is 7.69. The van der Waals surface area contributed by atoms with E-state index in [1.54, 1.807) is 12.1 Å². The zero-order chi connectivity index (χ0) is 18.7. The zero-order valence-corrected chi connectivity index (χ0v) is 15.3. The zero-order valence-electron chi connectivity index (χ0n) is 14.5. The molecule has 2 unspecified atom stereocenters. The molecule has 1 aliphatic carbocycles. The van der Waals surface area contributed by atoms with Crippen LogP contribution in [0.15, 0.2) is 24.3 Å². The predicted octanol–water partition coefficient (Wildman–Crippen LogP) is 1.44. The quantitative estimate of drug-likeness (QED) is 0.471. The van der Waals surface area contributed by atoms with Gasteiger partial charge in [0.15, 0.2) is 0 Å². The number of hydrogen-bond acceptors (Lipinski definition) is 5. The summed E-state index contributed by atoms with van der Waals surface area (Å²) in [5.74, 6) is -0.304. The first-order chi connectivity index (χ1) is 12.4. The first kappa shape index (κ1) is 19.1. The van der Waals surface area contributed by atoms with Crippen LogP contribution in [0.3, 0.4) is 0 Å². The van der Waals surface area contributed by atoms with Gasteiger partial charge in [-0.25, -0.2) is 17.9 Å². The highest BCUT2D eigenvalue weighted by Crippen LogP contribution is 2.30. The summed E-state index contributed by atoms with van der Waals surface area (Å²) in [6, 6.07) is 5.46. The lowest BCUT2D eigenvalue weighted by atomic mass is 9.95. The Balaban J connectivity index is 1.68. The number of hydroxylamine groups is 2. The minimum atomic E-state index is -3.62. The molecule has 144 valence electrons. The molecular formula is C17H24FN3O4S. The van der Waals surface area contributed by atoms with Crippen molar-refractivity contribution < 1.29 is 22.8 Å². The number of amides is 1. The number of rotatable bonds is 5. The van der Waals surface area contributed by atoms with E-state index in [2.05, 4.69) is 0 Å². The number of anilines is 1. The lowest BCUT2D eigenvalue weighted by Gasteiger charge is -2.40. The van der Waals surface area contributed by atoms with E-state index in [4.69, 9.17) is 0 Å². The molecule has 1 heterocycles. The average molecular weight is 385 g/mol. The van der Waals surface area contributed by atoms with Crippen molar-refractivity contribution in [1.82, 2.24) is 9.37 Å². The van der Waals surface area contributed by atoms with Crippen molar-refractivity contribution in [3.8, 4) is 0 Å². The van der Waals surface area contributed by atoms with E-state index in [1.165, 1.54) is 16.4 Å². The van der Waals surface area contributed by atoms with Gasteiger partial charge < -0.3 is 4.90 Å². The number of sulfonamides is 1. The third kappa shape index (κ3) is 3.84. The van der Waals surface area contributed by atoms with E-state index < -0.39 is 21.3 Å². The first-order valence-electron chi connectivity index (χ1n) is 8.85. The summed E-state index contributed by atoms with van der Waals surface area (Å²) in [5, 5.41) is 9.51. The van der Waals surface area contributed by atoms with Crippen LogP contribution in [0.2, 0.25) is 0 Å². The Morgan fingerprint density at radius 1 is 1.08 bits per heavy atom. The van der Waals surface area contributed by atoms with Gasteiger partial charge >= 0.3 is 0 Å². The molecule has 1 aromatic rings. The Hall–Kier alpha value is -1.71. The topological polar surface area (TPSA) is 81.2 Å². The fraction of sp³-hybridized carbons (Fsp3) is 0.588. The van der Waals surface area contributed by atoms with Gasteiger partial charge in [-0.3, -0.25) is 10.0 Å². The number of hydrogen-bond donors (Lipinski definition) is 1. The minimum Gasteiger partial charge on any atom is -0.369 e. The SMILES string of the molecule is O=CN(O)C1CCCCC1S(=O)(=O)N1CCN(c2ccc(F)cc2)CC1. The fourth-order valence-corrected chi connectivity index (χ4v) is 6.03. The Morgan fingerprint density at radius 2 is 1.69 bits per heavy atom. The average Bonchev–Trinajstić information content (AvgIpc) is 2.68. The molecule has 0 spiro atoms. The smallest absolute Gasteiger partial charge is 0.233 e. The molecule has 0 bridgehead atoms. The van der Waals surface area contributed by atoms with Crippen LogP contribution in [0.5, 0.6) is 0 Å². The summed E-state index contributed by atoms with van der Waals surface area (Å²) < 4.78 is 40.6. The van der Waals surface area contributed by atoms with Crippen LogP contribution in [-0.4, -0.2) is 66.9 Å². The van der Waals surface area contributed by atoms with Crippen LogP contribution in [0.25, 0.3) is 0 Å². The second-order valence-corrected chi connectivity index (χ2v) is 8.93. The monoisotopic (exact) mass is 385 g/mol. The van der Waals surface area contributed by atoms with Gasteiger partial charge in [0.1, 0.15) is 5.82 Å². The molecular weight excluding hydrogens is 361 g/mol. The maximum absolute atomic E-state index is 13.1.